The van der Waals surface area contributed by atoms with Crippen molar-refractivity contribution in [3.8, 4) is 50.7 Å². The highest BCUT2D eigenvalue weighted by Crippen LogP contribution is 2.49. The molecule has 0 fully saturated rings. The van der Waals surface area contributed by atoms with Crippen molar-refractivity contribution >= 4 is 72.6 Å². The summed E-state index contributed by atoms with van der Waals surface area (Å²) in [6.45, 7) is 0. The maximum absolute atomic E-state index is 6.71. The maximum Gasteiger partial charge on any atom is 0.179 e. The van der Waals surface area contributed by atoms with E-state index in [4.69, 9.17) is 14.4 Å². The fourth-order valence-electron chi connectivity index (χ4n) is 10.4. The van der Waals surface area contributed by atoms with Crippen molar-refractivity contribution in [2.24, 2.45) is 0 Å². The van der Waals surface area contributed by atoms with Crippen molar-refractivity contribution in [2.75, 3.05) is 0 Å². The van der Waals surface area contributed by atoms with Gasteiger partial charge >= 0.3 is 0 Å². The number of nitrogens with zero attached hydrogens (tertiary/aromatic N) is 3. The normalized spacial score (nSPS) is 12.1. The summed E-state index contributed by atoms with van der Waals surface area (Å²) in [5.74, 6) is 1.54. The van der Waals surface area contributed by atoms with Crippen LogP contribution in [0.5, 0.6) is 0 Å². The van der Waals surface area contributed by atoms with E-state index in [1.807, 2.05) is 6.07 Å². The predicted octanol–water partition coefficient (Wildman–Crippen LogP) is 11.8. The molecule has 0 saturated heterocycles. The first-order valence-corrected chi connectivity index (χ1v) is 23.5. The molecule has 1 aliphatic rings. The quantitative estimate of drug-likeness (QED) is 0.124. The van der Waals surface area contributed by atoms with Gasteiger partial charge in [0.1, 0.15) is 17.0 Å². The molecule has 4 heterocycles. The zero-order valence-electron chi connectivity index (χ0n) is 34.1. The molecule has 0 radical (unpaired) electrons. The Balaban J connectivity index is 1.11. The second kappa shape index (κ2) is 14.0. The molecule has 0 unspecified atom stereocenters. The van der Waals surface area contributed by atoms with Crippen LogP contribution in [0.2, 0.25) is 0 Å². The zero-order chi connectivity index (χ0) is 41.5. The number of hydrogen-bond acceptors (Lipinski definition) is 3. The van der Waals surface area contributed by atoms with Gasteiger partial charge in [0.05, 0.1) is 22.3 Å². The molecule has 1 aliphatic heterocycles. The van der Waals surface area contributed by atoms with Crippen LogP contribution in [-0.4, -0.2) is 22.6 Å². The van der Waals surface area contributed by atoms with Gasteiger partial charge in [0.2, 0.25) is 0 Å². The summed E-state index contributed by atoms with van der Waals surface area (Å²) < 4.78 is 9.09. The average Bonchev–Trinajstić information content (AvgIpc) is 3.86. The highest BCUT2D eigenvalue weighted by molar-refractivity contribution is 7.20. The number of rotatable bonds is 6. The van der Waals surface area contributed by atoms with Crippen LogP contribution in [0.15, 0.2) is 229 Å². The van der Waals surface area contributed by atoms with Gasteiger partial charge < -0.3 is 4.42 Å². The Morgan fingerprint density at radius 1 is 0.381 bits per heavy atom. The number of para-hydroxylation sites is 2. The van der Waals surface area contributed by atoms with Crippen molar-refractivity contribution in [1.29, 1.82) is 0 Å². The van der Waals surface area contributed by atoms with Crippen molar-refractivity contribution in [3.05, 3.63) is 224 Å². The van der Waals surface area contributed by atoms with E-state index in [2.05, 4.69) is 223 Å². The Hall–Kier alpha value is -8.12. The molecular weight excluding hydrogens is 783 g/mol. The standard InChI is InChI=1S/C58H37N3OSi/c1-5-18-38(19-6-1)57-59-55(54-46-28-14-13-26-44(46)47-29-17-30-48-45-27-15-16-31-51(45)61(56(47)48)58(54)60-57)39-32-34-52-49(36-39)50-37-43(33-35-53(50)62-52)63(40-20-7-2-8-21-40,41-22-9-3-10-23-41)42-24-11-4-12-25-42/h1-37H. The minimum absolute atomic E-state index is 0.677. The van der Waals surface area contributed by atoms with E-state index in [1.165, 1.54) is 37.1 Å². The monoisotopic (exact) mass is 819 g/mol. The zero-order valence-corrected chi connectivity index (χ0v) is 35.1. The first-order chi connectivity index (χ1) is 31.3. The van der Waals surface area contributed by atoms with E-state index in [0.717, 1.165) is 72.3 Å². The average molecular weight is 820 g/mol. The molecule has 0 bridgehead atoms. The lowest BCUT2D eigenvalue weighted by atomic mass is 9.91. The Labute approximate surface area is 365 Å². The summed E-state index contributed by atoms with van der Waals surface area (Å²) in [6.07, 6.45) is 0. The third-order valence-corrected chi connectivity index (χ3v) is 17.9. The van der Waals surface area contributed by atoms with Gasteiger partial charge in [-0.1, -0.05) is 194 Å². The van der Waals surface area contributed by atoms with Crippen LogP contribution in [0.4, 0.5) is 0 Å². The summed E-state index contributed by atoms with van der Waals surface area (Å²) in [7, 11) is -2.80. The maximum atomic E-state index is 6.71. The van der Waals surface area contributed by atoms with Crippen molar-refractivity contribution in [1.82, 2.24) is 14.5 Å². The van der Waals surface area contributed by atoms with E-state index < -0.39 is 8.07 Å². The molecule has 4 nitrogen and oxygen atoms in total. The van der Waals surface area contributed by atoms with Crippen LogP contribution < -0.4 is 20.7 Å². The minimum Gasteiger partial charge on any atom is -0.456 e. The largest absolute Gasteiger partial charge is 0.456 e. The molecular formula is C58H37N3OSi. The van der Waals surface area contributed by atoms with Crippen molar-refractivity contribution in [3.63, 3.8) is 0 Å². The minimum atomic E-state index is -2.80. The van der Waals surface area contributed by atoms with Gasteiger partial charge in [0.25, 0.3) is 0 Å². The lowest BCUT2D eigenvalue weighted by molar-refractivity contribution is 0.669. The van der Waals surface area contributed by atoms with Gasteiger partial charge in [0.15, 0.2) is 13.9 Å². The summed E-state index contributed by atoms with van der Waals surface area (Å²) >= 11 is 0. The van der Waals surface area contributed by atoms with Gasteiger partial charge in [-0.15, -0.1) is 0 Å². The molecule has 12 aromatic rings. The van der Waals surface area contributed by atoms with Crippen molar-refractivity contribution in [2.45, 2.75) is 0 Å². The lowest BCUT2D eigenvalue weighted by Gasteiger charge is -2.34. The first kappa shape index (κ1) is 35.6. The summed E-state index contributed by atoms with van der Waals surface area (Å²) in [6, 6.07) is 81.2. The van der Waals surface area contributed by atoms with Crippen LogP contribution in [0.25, 0.3) is 94.5 Å². The molecule has 0 aliphatic carbocycles. The Kier molecular flexibility index (Phi) is 7.89. The van der Waals surface area contributed by atoms with Gasteiger partial charge in [-0.2, -0.15) is 0 Å². The molecule has 63 heavy (non-hydrogen) atoms. The predicted molar refractivity (Wildman–Crippen MR) is 263 cm³/mol. The molecule has 9 aromatic carbocycles. The molecule has 0 saturated carbocycles. The van der Waals surface area contributed by atoms with E-state index in [1.54, 1.807) is 0 Å². The number of furan rings is 1. The summed E-state index contributed by atoms with van der Waals surface area (Å²) in [4.78, 5) is 11.1. The molecule has 294 valence electrons. The first-order valence-electron chi connectivity index (χ1n) is 21.5. The number of fused-ring (bicyclic) bond motifs is 11. The molecule has 0 N–H and O–H groups in total. The van der Waals surface area contributed by atoms with E-state index in [0.29, 0.717) is 5.82 Å². The molecule has 0 atom stereocenters. The van der Waals surface area contributed by atoms with Crippen LogP contribution in [-0.2, 0) is 0 Å². The second-order valence-electron chi connectivity index (χ2n) is 16.4. The van der Waals surface area contributed by atoms with Gasteiger partial charge in [-0.3, -0.25) is 4.57 Å². The Bertz CT molecular complexity index is 3630. The molecule has 0 spiro atoms. The van der Waals surface area contributed by atoms with Crippen LogP contribution in [0.3, 0.4) is 0 Å². The van der Waals surface area contributed by atoms with Gasteiger partial charge in [-0.05, 0) is 62.2 Å². The van der Waals surface area contributed by atoms with Crippen LogP contribution >= 0.6 is 0 Å². The number of hydrogen-bond donors (Lipinski definition) is 0. The van der Waals surface area contributed by atoms with E-state index in [9.17, 15) is 0 Å². The fraction of sp³-hybridized carbons (Fsp3) is 0. The Morgan fingerprint density at radius 3 is 1.63 bits per heavy atom. The van der Waals surface area contributed by atoms with Gasteiger partial charge in [-0.25, -0.2) is 9.97 Å². The molecule has 13 rings (SSSR count). The summed E-state index contributed by atoms with van der Waals surface area (Å²) in [5, 5.41) is 9.83. The molecule has 0 amide bonds. The SMILES string of the molecule is c1ccc(-c2nc(-c3ccc4oc5ccc([Si](c6ccccc6)(c6ccccc6)c6ccccc6)cc5c4c3)c3c(n2)-n2c4ccccc4c4cccc(c42)-c2ccccc2-3)cc1. The van der Waals surface area contributed by atoms with Crippen molar-refractivity contribution < 1.29 is 4.42 Å². The Morgan fingerprint density at radius 2 is 0.937 bits per heavy atom. The number of aromatic nitrogens is 3. The van der Waals surface area contributed by atoms with Gasteiger partial charge in [0, 0.05) is 38.2 Å². The van der Waals surface area contributed by atoms with Crippen LogP contribution in [0, 0.1) is 0 Å². The topological polar surface area (TPSA) is 43.9 Å². The van der Waals surface area contributed by atoms with E-state index >= 15 is 0 Å². The highest BCUT2D eigenvalue weighted by atomic mass is 28.3. The lowest BCUT2D eigenvalue weighted by Crippen LogP contribution is -2.74. The molecule has 3 aromatic heterocycles. The third kappa shape index (κ3) is 5.27. The summed E-state index contributed by atoms with van der Waals surface area (Å²) in [5.41, 5.74) is 11.2. The third-order valence-electron chi connectivity index (χ3n) is 13.1. The number of benzene rings is 9. The highest BCUT2D eigenvalue weighted by Gasteiger charge is 2.41. The van der Waals surface area contributed by atoms with E-state index in [-0.39, 0.29) is 0 Å². The fourth-order valence-corrected chi connectivity index (χ4v) is 15.2. The smallest absolute Gasteiger partial charge is 0.179 e. The van der Waals surface area contributed by atoms with Crippen LogP contribution in [0.1, 0.15) is 0 Å². The second-order valence-corrected chi connectivity index (χ2v) is 20.2. The molecule has 5 heteroatoms.